The molecule has 13 rings (SSSR count). The minimum atomic E-state index is -0.495. The summed E-state index contributed by atoms with van der Waals surface area (Å²) in [5.74, 6) is 1.92. The molecule has 12 aromatic carbocycles. The summed E-state index contributed by atoms with van der Waals surface area (Å²) in [7, 11) is 0. The molecule has 93 heavy (non-hydrogen) atoms. The molecule has 6 nitrogen and oxygen atoms in total. The number of rotatable bonds is 10. The average Bonchev–Trinajstić information content (AvgIpc) is 1.26. The van der Waals surface area contributed by atoms with Crippen LogP contribution in [0.5, 0.6) is 34.5 Å². The topological polar surface area (TPSA) is 121 Å². The van der Waals surface area contributed by atoms with Gasteiger partial charge in [0.15, 0.2) is 0 Å². The van der Waals surface area contributed by atoms with Crippen molar-refractivity contribution in [2.75, 3.05) is 0 Å². The quantitative estimate of drug-likeness (QED) is 0.0759. The van der Waals surface area contributed by atoms with E-state index in [-0.39, 0.29) is 70.9 Å². The molecule has 0 heterocycles. The Hall–Kier alpha value is -8.74. The predicted molar refractivity (Wildman–Crippen MR) is 414 cm³/mol. The zero-order valence-electron chi connectivity index (χ0n) is 51.7. The molecule has 6 heteroatoms. The third kappa shape index (κ3) is 12.6. The minimum Gasteiger partial charge on any atom is -0.508 e. The number of hydrogen-bond donors (Lipinski definition) is 6. The van der Waals surface area contributed by atoms with Crippen molar-refractivity contribution in [2.24, 2.45) is 0 Å². The molecular formula is C87H114O6. The second-order valence-electron chi connectivity index (χ2n) is 22.1. The molecule has 0 saturated heterocycles. The molecule has 0 amide bonds. The lowest BCUT2D eigenvalue weighted by Crippen LogP contribution is -2.28. The van der Waals surface area contributed by atoms with E-state index in [1.165, 1.54) is 33.4 Å². The van der Waals surface area contributed by atoms with E-state index in [9.17, 15) is 30.6 Å². The highest BCUT2D eigenvalue weighted by atomic mass is 16.3. The van der Waals surface area contributed by atoms with Crippen LogP contribution in [-0.4, -0.2) is 30.6 Å². The van der Waals surface area contributed by atoms with Crippen molar-refractivity contribution < 1.29 is 30.6 Å². The minimum absolute atomic E-state index is 0. The first-order valence-corrected chi connectivity index (χ1v) is 31.2. The largest absolute Gasteiger partial charge is 0.508 e. The fraction of sp³-hybridized carbons (Fsp3) is 0.333. The van der Waals surface area contributed by atoms with Gasteiger partial charge in [-0.3, -0.25) is 0 Å². The maximum Gasteiger partial charge on any atom is 0.122 e. The molecule has 0 bridgehead atoms. The van der Waals surface area contributed by atoms with Crippen LogP contribution in [0.25, 0.3) is 86.5 Å². The predicted octanol–water partition coefficient (Wildman–Crippen LogP) is 25.7. The van der Waals surface area contributed by atoms with Gasteiger partial charge < -0.3 is 30.6 Å². The summed E-state index contributed by atoms with van der Waals surface area (Å²) in [6, 6.07) is 50.3. The maximum atomic E-state index is 11.7. The van der Waals surface area contributed by atoms with Crippen LogP contribution >= 0.6 is 0 Å². The average molecular weight is 1260 g/mol. The molecule has 0 aromatic heterocycles. The van der Waals surface area contributed by atoms with Gasteiger partial charge in [-0.2, -0.15) is 0 Å². The molecule has 1 aliphatic rings. The third-order valence-electron chi connectivity index (χ3n) is 18.1. The van der Waals surface area contributed by atoms with E-state index in [1.54, 1.807) is 12.1 Å². The van der Waals surface area contributed by atoms with Crippen molar-refractivity contribution in [3.63, 3.8) is 0 Å². The Labute approximate surface area is 560 Å². The molecule has 0 unspecified atom stereocenters. The first kappa shape index (κ1) is 80.4. The zero-order chi connectivity index (χ0) is 60.8. The van der Waals surface area contributed by atoms with E-state index in [4.69, 9.17) is 0 Å². The number of aryl methyl sites for hydroxylation is 8. The van der Waals surface area contributed by atoms with Crippen molar-refractivity contribution in [3.8, 4) is 45.6 Å². The highest BCUT2D eigenvalue weighted by molar-refractivity contribution is 6.41. The van der Waals surface area contributed by atoms with Crippen LogP contribution < -0.4 is 0 Å². The van der Waals surface area contributed by atoms with Gasteiger partial charge in [-0.1, -0.05) is 227 Å². The van der Waals surface area contributed by atoms with E-state index in [1.807, 2.05) is 52.0 Å². The van der Waals surface area contributed by atoms with Gasteiger partial charge in [-0.15, -0.1) is 0 Å². The fourth-order valence-corrected chi connectivity index (χ4v) is 14.3. The van der Waals surface area contributed by atoms with Gasteiger partial charge in [-0.25, -0.2) is 0 Å². The third-order valence-corrected chi connectivity index (χ3v) is 18.1. The van der Waals surface area contributed by atoms with E-state index in [2.05, 4.69) is 165 Å². The van der Waals surface area contributed by atoms with Crippen molar-refractivity contribution in [3.05, 3.63) is 212 Å². The highest BCUT2D eigenvalue weighted by Gasteiger charge is 2.46. The smallest absolute Gasteiger partial charge is 0.122 e. The van der Waals surface area contributed by atoms with Gasteiger partial charge in [0, 0.05) is 22.3 Å². The molecule has 0 fully saturated rings. The van der Waals surface area contributed by atoms with Crippen LogP contribution in [0.15, 0.2) is 146 Å². The molecule has 0 spiro atoms. The Morgan fingerprint density at radius 2 is 0.516 bits per heavy atom. The standard InChI is InChI=1S/C42H48O4.C33H22O2.2C2H6.8CH4/c1-9-21-17-29-33(25(13-5)39(21)43)34-26(14-6)40(44)23(11-3)19-31(34)38-32-20-24(12-4)42(46)28(16-8)36(32)35-27(15-7)41(45)22(10-2)18-30(35)37(29)38;34-27-15-11-21-17-25(13-9-23(21)19-27)33(26-14-10-24-20-28(35)16-12-22(24)18-26)31-7-3-1-5-29(31)30-6-2-4-8-32(30)33;2*1-2;;;;;;;;/h17-20,43-46H,9-16H2,1-8H3;1-20,34-35H;2*1-2H3;8*1H4. The first-order valence-electron chi connectivity index (χ1n) is 31.2. The van der Waals surface area contributed by atoms with E-state index < -0.39 is 5.41 Å². The molecular weight excluding hydrogens is 1140 g/mol. The normalized spacial score (nSPS) is 11.2. The monoisotopic (exact) mass is 1250 g/mol. The number of benzene rings is 12. The van der Waals surface area contributed by atoms with E-state index >= 15 is 0 Å². The molecule has 12 aromatic rings. The molecule has 0 saturated carbocycles. The van der Waals surface area contributed by atoms with Gasteiger partial charge in [0.2, 0.25) is 0 Å². The zero-order valence-corrected chi connectivity index (χ0v) is 51.7. The Morgan fingerprint density at radius 3 is 0.774 bits per heavy atom. The second kappa shape index (κ2) is 32.7. The molecule has 498 valence electrons. The van der Waals surface area contributed by atoms with Gasteiger partial charge in [0.05, 0.1) is 5.41 Å². The number of fused-ring (bicyclic) bond motifs is 16. The number of phenolic OH excluding ortho intramolecular Hbond substituents is 6. The van der Waals surface area contributed by atoms with Crippen molar-refractivity contribution in [1.29, 1.82) is 0 Å². The molecule has 1 aliphatic carbocycles. The number of phenols is 6. The molecule has 0 atom stereocenters. The lowest BCUT2D eigenvalue weighted by atomic mass is 9.67. The lowest BCUT2D eigenvalue weighted by molar-refractivity contribution is 0.462. The molecule has 0 aliphatic heterocycles. The van der Waals surface area contributed by atoms with Crippen LogP contribution in [0, 0.1) is 0 Å². The number of hydrogen-bond acceptors (Lipinski definition) is 6. The Balaban J connectivity index is 0.000000568. The summed E-state index contributed by atoms with van der Waals surface area (Å²) in [4.78, 5) is 0. The summed E-state index contributed by atoms with van der Waals surface area (Å²) in [5.41, 5.74) is 14.2. The maximum absolute atomic E-state index is 11.7. The van der Waals surface area contributed by atoms with Crippen LogP contribution in [0.4, 0.5) is 0 Å². The Bertz CT molecular complexity index is 4140. The van der Waals surface area contributed by atoms with Crippen molar-refractivity contribution in [2.45, 2.75) is 199 Å². The van der Waals surface area contributed by atoms with E-state index in [0.717, 1.165) is 120 Å². The first-order chi connectivity index (χ1) is 41.3. The summed E-state index contributed by atoms with van der Waals surface area (Å²) >= 11 is 0. The van der Waals surface area contributed by atoms with Crippen LogP contribution in [0.1, 0.15) is 209 Å². The molecule has 0 radical (unpaired) electrons. The van der Waals surface area contributed by atoms with Crippen molar-refractivity contribution >= 4 is 75.4 Å². The Kier molecular flexibility index (Phi) is 28.3. The second-order valence-corrected chi connectivity index (χ2v) is 22.1. The Morgan fingerprint density at radius 1 is 0.269 bits per heavy atom. The van der Waals surface area contributed by atoms with Crippen LogP contribution in [-0.2, 0) is 56.8 Å². The van der Waals surface area contributed by atoms with E-state index in [0.29, 0.717) is 74.4 Å². The summed E-state index contributed by atoms with van der Waals surface area (Å²) < 4.78 is 0. The molecule has 6 N–H and O–H groups in total. The van der Waals surface area contributed by atoms with Crippen LogP contribution in [0.3, 0.4) is 0 Å². The van der Waals surface area contributed by atoms with Crippen molar-refractivity contribution in [1.82, 2.24) is 0 Å². The van der Waals surface area contributed by atoms with Gasteiger partial charge in [0.1, 0.15) is 34.5 Å². The fourth-order valence-electron chi connectivity index (χ4n) is 14.3. The van der Waals surface area contributed by atoms with Crippen LogP contribution in [0.2, 0.25) is 0 Å². The summed E-state index contributed by atoms with van der Waals surface area (Å²) in [6.45, 7) is 24.7. The van der Waals surface area contributed by atoms with Gasteiger partial charge in [0.25, 0.3) is 0 Å². The van der Waals surface area contributed by atoms with Gasteiger partial charge >= 0.3 is 0 Å². The SMILES string of the molecule is C.C.C.C.C.C.C.C.CC.CC.CCc1cc2c(c(CC)c1O)c1c(CC)c(O)c(CC)cc1c1c3cc(CC)c(O)c(CC)c3c3c(CC)c(O)c(CC)cc3c21.Oc1ccc2cc(C3(c4ccc5cc(O)ccc5c4)c4ccccc4-c4ccccc43)ccc2c1. The van der Waals surface area contributed by atoms with Gasteiger partial charge in [-0.05, 0) is 243 Å². The lowest BCUT2D eigenvalue weighted by Gasteiger charge is -2.34. The summed E-state index contributed by atoms with van der Waals surface area (Å²) in [6.07, 6.45) is 5.36. The summed E-state index contributed by atoms with van der Waals surface area (Å²) in [5, 5.41) is 81.5. The number of aromatic hydroxyl groups is 6. The highest BCUT2D eigenvalue weighted by Crippen LogP contribution is 2.57.